The average Bonchev–Trinajstić information content (AvgIpc) is 2.48. The van der Waals surface area contributed by atoms with Gasteiger partial charge in [0.25, 0.3) is 0 Å². The monoisotopic (exact) mass is 266 g/mol. The first-order chi connectivity index (χ1) is 9.72. The second-order valence-electron chi connectivity index (χ2n) is 4.97. The van der Waals surface area contributed by atoms with Crippen LogP contribution >= 0.6 is 0 Å². The summed E-state index contributed by atoms with van der Waals surface area (Å²) in [7, 11) is 0. The van der Waals surface area contributed by atoms with Crippen LogP contribution in [0.4, 0.5) is 0 Å². The Balaban J connectivity index is 2.17. The predicted molar refractivity (Wildman–Crippen MR) is 73.0 cm³/mol. The minimum atomic E-state index is -0.255. The average molecular weight is 266 g/mol. The van der Waals surface area contributed by atoms with Crippen molar-refractivity contribution < 1.29 is 9.53 Å². The summed E-state index contributed by atoms with van der Waals surface area (Å²) in [6.45, 7) is 0. The van der Waals surface area contributed by atoms with Crippen LogP contribution in [0.5, 0.6) is 0 Å². The molecule has 20 heavy (non-hydrogen) atoms. The van der Waals surface area contributed by atoms with Crippen LogP contribution < -0.4 is 5.73 Å². The molecule has 1 aromatic carbocycles. The number of nitriles is 1. The molecule has 0 radical (unpaired) electrons. The van der Waals surface area contributed by atoms with Crippen molar-refractivity contribution in [1.82, 2.24) is 0 Å². The van der Waals surface area contributed by atoms with Gasteiger partial charge in [0.2, 0.25) is 5.88 Å². The zero-order chi connectivity index (χ0) is 14.1. The smallest absolute Gasteiger partial charge is 0.205 e. The summed E-state index contributed by atoms with van der Waals surface area (Å²) in [5, 5.41) is 9.37. The number of rotatable bonds is 1. The summed E-state index contributed by atoms with van der Waals surface area (Å²) in [5.41, 5.74) is 8.09. The number of carbonyl (C=O) groups is 1. The molecule has 3 rings (SSSR count). The van der Waals surface area contributed by atoms with Crippen LogP contribution in [0.3, 0.4) is 0 Å². The maximum atomic E-state index is 12.0. The molecule has 1 heterocycles. The van der Waals surface area contributed by atoms with E-state index in [1.54, 1.807) is 0 Å². The molecule has 0 aromatic heterocycles. The van der Waals surface area contributed by atoms with Gasteiger partial charge >= 0.3 is 0 Å². The molecule has 1 aliphatic heterocycles. The third kappa shape index (κ3) is 1.88. The molecule has 4 nitrogen and oxygen atoms in total. The van der Waals surface area contributed by atoms with Crippen molar-refractivity contribution in [3.63, 3.8) is 0 Å². The summed E-state index contributed by atoms with van der Waals surface area (Å²) in [5.74, 6) is 0.123. The second kappa shape index (κ2) is 4.86. The summed E-state index contributed by atoms with van der Waals surface area (Å²) in [6.07, 6.45) is 2.04. The summed E-state index contributed by atoms with van der Waals surface area (Å²) in [4.78, 5) is 12.0. The normalized spacial score (nSPS) is 22.1. The Bertz CT molecular complexity index is 665. The molecule has 4 heteroatoms. The van der Waals surface area contributed by atoms with Crippen molar-refractivity contribution in [3.05, 3.63) is 58.7 Å². The molecule has 2 aliphatic rings. The fourth-order valence-electron chi connectivity index (χ4n) is 2.86. The molecule has 0 spiro atoms. The lowest BCUT2D eigenvalue weighted by Gasteiger charge is -2.31. The van der Waals surface area contributed by atoms with E-state index in [-0.39, 0.29) is 17.6 Å². The van der Waals surface area contributed by atoms with Crippen molar-refractivity contribution in [1.29, 1.82) is 5.26 Å². The van der Waals surface area contributed by atoms with Crippen LogP contribution in [-0.2, 0) is 9.53 Å². The van der Waals surface area contributed by atoms with Crippen LogP contribution in [0, 0.1) is 11.3 Å². The van der Waals surface area contributed by atoms with Gasteiger partial charge in [-0.15, -0.1) is 0 Å². The lowest BCUT2D eigenvalue weighted by atomic mass is 9.78. The molecule has 2 N–H and O–H groups in total. The van der Waals surface area contributed by atoms with E-state index < -0.39 is 0 Å². The Hall–Kier alpha value is -2.54. The molecule has 0 bridgehead atoms. The largest absolute Gasteiger partial charge is 0.437 e. The maximum absolute atomic E-state index is 12.0. The number of allylic oxidation sites excluding steroid dienone is 3. The molecule has 1 atom stereocenters. The Labute approximate surface area is 117 Å². The number of nitrogens with zero attached hydrogens (tertiary/aromatic N) is 1. The van der Waals surface area contributed by atoms with E-state index in [1.807, 2.05) is 30.3 Å². The number of carbonyl (C=O) groups excluding carboxylic acids is 1. The number of hydrogen-bond acceptors (Lipinski definition) is 4. The predicted octanol–water partition coefficient (Wildman–Crippen LogP) is 2.50. The van der Waals surface area contributed by atoms with Crippen molar-refractivity contribution in [2.24, 2.45) is 5.73 Å². The minimum Gasteiger partial charge on any atom is -0.437 e. The molecule has 1 aliphatic carbocycles. The molecular weight excluding hydrogens is 252 g/mol. The van der Waals surface area contributed by atoms with Crippen molar-refractivity contribution in [2.75, 3.05) is 0 Å². The molecule has 0 amide bonds. The van der Waals surface area contributed by atoms with E-state index in [9.17, 15) is 10.1 Å². The van der Waals surface area contributed by atoms with Crippen LogP contribution in [0.15, 0.2) is 53.1 Å². The first kappa shape index (κ1) is 12.5. The lowest BCUT2D eigenvalue weighted by Crippen LogP contribution is -2.26. The molecule has 0 saturated heterocycles. The van der Waals surface area contributed by atoms with E-state index in [1.165, 1.54) is 0 Å². The number of ketones is 1. The lowest BCUT2D eigenvalue weighted by molar-refractivity contribution is -0.119. The van der Waals surface area contributed by atoms with Crippen molar-refractivity contribution >= 4 is 5.78 Å². The highest BCUT2D eigenvalue weighted by atomic mass is 16.5. The first-order valence-electron chi connectivity index (χ1n) is 6.61. The van der Waals surface area contributed by atoms with Gasteiger partial charge in [-0.2, -0.15) is 5.26 Å². The molecule has 100 valence electrons. The molecule has 0 saturated carbocycles. The Morgan fingerprint density at radius 2 is 2.00 bits per heavy atom. The van der Waals surface area contributed by atoms with Gasteiger partial charge in [-0.05, 0) is 24.0 Å². The van der Waals surface area contributed by atoms with Crippen LogP contribution in [0.2, 0.25) is 0 Å². The standard InChI is InChI=1S/C16H14N2O2/c17-9-12-14(10-5-2-1-3-6-10)11-7-4-8-13(19)15(11)20-16(12)18/h1-3,5-6,14H,4,7-8,18H2/t14-/m0/s1. The minimum absolute atomic E-state index is 0.0212. The third-order valence-electron chi connectivity index (χ3n) is 3.76. The van der Waals surface area contributed by atoms with Gasteiger partial charge in [0.05, 0.1) is 0 Å². The highest BCUT2D eigenvalue weighted by Crippen LogP contribution is 2.43. The van der Waals surface area contributed by atoms with Crippen LogP contribution in [0.25, 0.3) is 0 Å². The highest BCUT2D eigenvalue weighted by Gasteiger charge is 2.36. The van der Waals surface area contributed by atoms with E-state index in [4.69, 9.17) is 10.5 Å². The van der Waals surface area contributed by atoms with Crippen LogP contribution in [-0.4, -0.2) is 5.78 Å². The van der Waals surface area contributed by atoms with Gasteiger partial charge in [-0.3, -0.25) is 4.79 Å². The van der Waals surface area contributed by atoms with Crippen LogP contribution in [0.1, 0.15) is 30.7 Å². The quantitative estimate of drug-likeness (QED) is 0.847. The zero-order valence-corrected chi connectivity index (χ0v) is 10.9. The van der Waals surface area contributed by atoms with Gasteiger partial charge < -0.3 is 10.5 Å². The van der Waals surface area contributed by atoms with Crippen molar-refractivity contribution in [2.45, 2.75) is 25.2 Å². The van der Waals surface area contributed by atoms with E-state index in [0.29, 0.717) is 17.8 Å². The Morgan fingerprint density at radius 3 is 2.70 bits per heavy atom. The number of benzene rings is 1. The Kier molecular flexibility index (Phi) is 3.03. The fourth-order valence-corrected chi connectivity index (χ4v) is 2.86. The summed E-state index contributed by atoms with van der Waals surface area (Å²) < 4.78 is 5.42. The number of ether oxygens (including phenoxy) is 1. The highest BCUT2D eigenvalue weighted by molar-refractivity contribution is 5.96. The first-order valence-corrected chi connectivity index (χ1v) is 6.61. The van der Waals surface area contributed by atoms with Crippen molar-refractivity contribution in [3.8, 4) is 6.07 Å². The molecular formula is C16H14N2O2. The maximum Gasteiger partial charge on any atom is 0.205 e. The summed E-state index contributed by atoms with van der Waals surface area (Å²) in [6, 6.07) is 11.8. The van der Waals surface area contributed by atoms with Gasteiger partial charge in [0, 0.05) is 12.3 Å². The fraction of sp³-hybridized carbons (Fsp3) is 0.250. The molecule has 1 aromatic rings. The van der Waals surface area contributed by atoms with Gasteiger partial charge in [0.1, 0.15) is 11.6 Å². The number of nitrogens with two attached hydrogens (primary N) is 1. The topological polar surface area (TPSA) is 76.1 Å². The molecule has 0 unspecified atom stereocenters. The number of Topliss-reactive ketones (excluding diaryl/α,β-unsaturated/α-hetero) is 1. The van der Waals surface area contributed by atoms with Gasteiger partial charge in [-0.1, -0.05) is 30.3 Å². The van der Waals surface area contributed by atoms with E-state index >= 15 is 0 Å². The number of hydrogen-bond donors (Lipinski definition) is 1. The van der Waals surface area contributed by atoms with E-state index in [2.05, 4.69) is 6.07 Å². The summed E-state index contributed by atoms with van der Waals surface area (Å²) >= 11 is 0. The van der Waals surface area contributed by atoms with Gasteiger partial charge in [-0.25, -0.2) is 0 Å². The van der Waals surface area contributed by atoms with E-state index in [0.717, 1.165) is 24.0 Å². The second-order valence-corrected chi connectivity index (χ2v) is 4.97. The third-order valence-corrected chi connectivity index (χ3v) is 3.76. The molecule has 0 fully saturated rings. The van der Waals surface area contributed by atoms with Gasteiger partial charge in [0.15, 0.2) is 11.5 Å². The Morgan fingerprint density at radius 1 is 1.25 bits per heavy atom. The zero-order valence-electron chi connectivity index (χ0n) is 10.9. The SMILES string of the molecule is N#CC1=C(N)OC2=C(CCCC2=O)[C@@H]1c1ccccc1.